The van der Waals surface area contributed by atoms with E-state index in [1.54, 1.807) is 18.2 Å². The number of ether oxygens (including phenoxy) is 2. The molecule has 0 radical (unpaired) electrons. The number of benzene rings is 1. The lowest BCUT2D eigenvalue weighted by molar-refractivity contribution is -0.149. The monoisotopic (exact) mass is 260 g/mol. The van der Waals surface area contributed by atoms with Gasteiger partial charge in [0.05, 0.1) is 0 Å². The summed E-state index contributed by atoms with van der Waals surface area (Å²) in [5, 5.41) is 0. The molecular formula is C15H16O4. The van der Waals surface area contributed by atoms with E-state index in [1.807, 2.05) is 6.92 Å². The second-order valence-corrected chi connectivity index (χ2v) is 4.72. The van der Waals surface area contributed by atoms with Gasteiger partial charge in [-0.2, -0.15) is 0 Å². The zero-order chi connectivity index (χ0) is 14.2. The van der Waals surface area contributed by atoms with Crippen molar-refractivity contribution in [2.75, 3.05) is 0 Å². The molecule has 0 fully saturated rings. The van der Waals surface area contributed by atoms with Crippen molar-refractivity contribution < 1.29 is 19.1 Å². The molecule has 1 aromatic rings. The van der Waals surface area contributed by atoms with Crippen molar-refractivity contribution in [2.45, 2.75) is 33.0 Å². The van der Waals surface area contributed by atoms with E-state index in [4.69, 9.17) is 9.47 Å². The summed E-state index contributed by atoms with van der Waals surface area (Å²) in [7, 11) is 0. The second-order valence-electron chi connectivity index (χ2n) is 4.72. The average Bonchev–Trinajstić information content (AvgIpc) is 2.66. The molecule has 0 spiro atoms. The van der Waals surface area contributed by atoms with Crippen LogP contribution >= 0.6 is 0 Å². The number of carbonyl (C=O) groups is 2. The number of hydrogen-bond acceptors (Lipinski definition) is 4. The van der Waals surface area contributed by atoms with Crippen LogP contribution in [0.4, 0.5) is 0 Å². The van der Waals surface area contributed by atoms with Crippen molar-refractivity contribution in [1.82, 2.24) is 0 Å². The Kier molecular flexibility index (Phi) is 3.42. The fourth-order valence-electron chi connectivity index (χ4n) is 2.12. The molecule has 2 atom stereocenters. The molecule has 0 aromatic heterocycles. The smallest absolute Gasteiger partial charge is 0.303 e. The minimum atomic E-state index is -0.538. The second kappa shape index (κ2) is 4.88. The van der Waals surface area contributed by atoms with Gasteiger partial charge in [-0.15, -0.1) is 0 Å². The third-order valence-corrected chi connectivity index (χ3v) is 3.03. The molecule has 100 valence electrons. The zero-order valence-electron chi connectivity index (χ0n) is 11.2. The summed E-state index contributed by atoms with van der Waals surface area (Å²) in [4.78, 5) is 22.6. The first-order valence-corrected chi connectivity index (χ1v) is 6.04. The first-order chi connectivity index (χ1) is 8.90. The highest BCUT2D eigenvalue weighted by Gasteiger charge is 2.37. The maximum absolute atomic E-state index is 11.4. The van der Waals surface area contributed by atoms with E-state index < -0.39 is 12.2 Å². The Morgan fingerprint density at radius 1 is 1.26 bits per heavy atom. The van der Waals surface area contributed by atoms with Crippen LogP contribution in [0.15, 0.2) is 30.4 Å². The molecule has 1 aliphatic heterocycles. The highest BCUT2D eigenvalue weighted by Crippen LogP contribution is 2.41. The van der Waals surface area contributed by atoms with Gasteiger partial charge in [0.2, 0.25) is 0 Å². The summed E-state index contributed by atoms with van der Waals surface area (Å²) in [5.41, 5.74) is 2.06. The molecule has 1 heterocycles. The summed E-state index contributed by atoms with van der Waals surface area (Å²) in [6, 6.07) is 5.15. The van der Waals surface area contributed by atoms with Gasteiger partial charge in [-0.05, 0) is 37.6 Å². The number of ketones is 1. The quantitative estimate of drug-likeness (QED) is 0.476. The number of rotatable bonds is 3. The van der Waals surface area contributed by atoms with Crippen LogP contribution in [0, 0.1) is 0 Å². The lowest BCUT2D eigenvalue weighted by Gasteiger charge is -2.18. The number of hydrogen-bond donors (Lipinski definition) is 0. The number of esters is 1. The molecular weight excluding hydrogens is 244 g/mol. The van der Waals surface area contributed by atoms with Crippen molar-refractivity contribution >= 4 is 11.8 Å². The third kappa shape index (κ3) is 2.52. The van der Waals surface area contributed by atoms with Crippen LogP contribution in [-0.2, 0) is 9.53 Å². The Bertz CT molecular complexity index is 559. The van der Waals surface area contributed by atoms with Crippen LogP contribution in [0.2, 0.25) is 0 Å². The number of carbonyl (C=O) groups excluding carboxylic acids is 2. The van der Waals surface area contributed by atoms with Gasteiger partial charge in [0.1, 0.15) is 5.75 Å². The molecule has 0 aliphatic carbocycles. The Morgan fingerprint density at radius 2 is 1.95 bits per heavy atom. The fourth-order valence-corrected chi connectivity index (χ4v) is 2.12. The largest absolute Gasteiger partial charge is 0.481 e. The van der Waals surface area contributed by atoms with Crippen molar-refractivity contribution in [2.24, 2.45) is 0 Å². The van der Waals surface area contributed by atoms with Crippen LogP contribution in [0.5, 0.6) is 5.75 Å². The molecule has 1 aliphatic rings. The summed E-state index contributed by atoms with van der Waals surface area (Å²) in [6.07, 6.45) is -0.939. The Hall–Kier alpha value is -2.10. The Morgan fingerprint density at radius 3 is 2.47 bits per heavy atom. The van der Waals surface area contributed by atoms with Crippen molar-refractivity contribution in [3.8, 4) is 5.75 Å². The Labute approximate surface area is 112 Å². The van der Waals surface area contributed by atoms with E-state index in [2.05, 4.69) is 6.58 Å². The van der Waals surface area contributed by atoms with Crippen LogP contribution in [-0.4, -0.2) is 17.9 Å². The molecule has 4 nitrogen and oxygen atoms in total. The van der Waals surface area contributed by atoms with Crippen LogP contribution < -0.4 is 4.74 Å². The van der Waals surface area contributed by atoms with Crippen molar-refractivity contribution in [3.63, 3.8) is 0 Å². The van der Waals surface area contributed by atoms with Gasteiger partial charge in [-0.3, -0.25) is 9.59 Å². The highest BCUT2D eigenvalue weighted by molar-refractivity contribution is 5.94. The molecule has 0 amide bonds. The molecule has 2 unspecified atom stereocenters. The molecule has 19 heavy (non-hydrogen) atoms. The van der Waals surface area contributed by atoms with Crippen LogP contribution in [0.25, 0.3) is 0 Å². The lowest BCUT2D eigenvalue weighted by atomic mass is 9.99. The van der Waals surface area contributed by atoms with E-state index in [0.717, 1.165) is 11.1 Å². The molecule has 0 bridgehead atoms. The summed E-state index contributed by atoms with van der Waals surface area (Å²) >= 11 is 0. The van der Waals surface area contributed by atoms with Gasteiger partial charge in [0.15, 0.2) is 18.0 Å². The first kappa shape index (κ1) is 13.3. The van der Waals surface area contributed by atoms with Gasteiger partial charge < -0.3 is 9.47 Å². The van der Waals surface area contributed by atoms with Crippen LogP contribution in [0.3, 0.4) is 0 Å². The summed E-state index contributed by atoms with van der Waals surface area (Å²) in [5.74, 6) is 0.202. The first-order valence-electron chi connectivity index (χ1n) is 6.04. The molecule has 1 aromatic carbocycles. The molecule has 0 saturated heterocycles. The Balaban J connectivity index is 2.44. The predicted molar refractivity (Wildman–Crippen MR) is 70.2 cm³/mol. The van der Waals surface area contributed by atoms with Crippen molar-refractivity contribution in [3.05, 3.63) is 41.5 Å². The molecule has 0 saturated carbocycles. The molecule has 2 rings (SSSR count). The van der Waals surface area contributed by atoms with Gasteiger partial charge in [-0.1, -0.05) is 6.58 Å². The SMILES string of the molecule is C=C(C)C1Oc2ccc(C(C)=O)cc2C1OC(C)=O. The normalized spacial score (nSPS) is 20.4. The van der Waals surface area contributed by atoms with E-state index in [1.165, 1.54) is 13.8 Å². The van der Waals surface area contributed by atoms with Gasteiger partial charge in [0, 0.05) is 18.1 Å². The van der Waals surface area contributed by atoms with Gasteiger partial charge in [0.25, 0.3) is 0 Å². The minimum Gasteiger partial charge on any atom is -0.481 e. The van der Waals surface area contributed by atoms with Crippen LogP contribution in [0.1, 0.15) is 42.8 Å². The molecule has 4 heteroatoms. The molecule has 0 N–H and O–H groups in total. The summed E-state index contributed by atoms with van der Waals surface area (Å²) in [6.45, 7) is 8.51. The lowest BCUT2D eigenvalue weighted by Crippen LogP contribution is -2.23. The maximum Gasteiger partial charge on any atom is 0.303 e. The van der Waals surface area contributed by atoms with E-state index in [-0.39, 0.29) is 11.8 Å². The van der Waals surface area contributed by atoms with E-state index in [0.29, 0.717) is 11.3 Å². The third-order valence-electron chi connectivity index (χ3n) is 3.03. The summed E-state index contributed by atoms with van der Waals surface area (Å²) < 4.78 is 11.0. The zero-order valence-corrected chi connectivity index (χ0v) is 11.2. The van der Waals surface area contributed by atoms with E-state index >= 15 is 0 Å². The number of Topliss-reactive ketones (excluding diaryl/α,β-unsaturated/α-hetero) is 1. The standard InChI is InChI=1S/C15H16O4/c1-8(2)14-15(18-10(4)17)12-7-11(9(3)16)5-6-13(12)19-14/h5-7,14-15H,1H2,2-4H3. The predicted octanol–water partition coefficient (Wildman–Crippen LogP) is 2.83. The number of fused-ring (bicyclic) bond motifs is 1. The highest BCUT2D eigenvalue weighted by atomic mass is 16.6. The van der Waals surface area contributed by atoms with Crippen molar-refractivity contribution in [1.29, 1.82) is 0 Å². The topological polar surface area (TPSA) is 52.6 Å². The minimum absolute atomic E-state index is 0.0387. The fraction of sp³-hybridized carbons (Fsp3) is 0.333. The average molecular weight is 260 g/mol. The van der Waals surface area contributed by atoms with Gasteiger partial charge >= 0.3 is 5.97 Å². The van der Waals surface area contributed by atoms with E-state index in [9.17, 15) is 9.59 Å². The maximum atomic E-state index is 11.4. The van der Waals surface area contributed by atoms with Gasteiger partial charge in [-0.25, -0.2) is 0 Å².